The molecule has 0 rings (SSSR count). The highest BCUT2D eigenvalue weighted by Gasteiger charge is 2.11. The van der Waals surface area contributed by atoms with Gasteiger partial charge in [-0.15, -0.1) is 11.6 Å². The van der Waals surface area contributed by atoms with Crippen molar-refractivity contribution in [2.45, 2.75) is 10.7 Å². The molecule has 38 valence electrons. The molecule has 0 aromatic rings. The summed E-state index contributed by atoms with van der Waals surface area (Å²) in [5.41, 5.74) is 0. The Morgan fingerprint density at radius 1 is 1.83 bits per heavy atom. The van der Waals surface area contributed by atoms with Gasteiger partial charge >= 0.3 is 0 Å². The highest BCUT2D eigenvalue weighted by molar-refractivity contribution is 9.12. The van der Waals surface area contributed by atoms with Crippen molar-refractivity contribution >= 4 is 43.5 Å². The summed E-state index contributed by atoms with van der Waals surface area (Å²) in [4.78, 5) is 0. The summed E-state index contributed by atoms with van der Waals surface area (Å²) < 4.78 is -0.257. The number of hydrogen-bond donors (Lipinski definition) is 0. The molecule has 0 saturated carbocycles. The third kappa shape index (κ3) is 5.25. The van der Waals surface area contributed by atoms with E-state index in [1.807, 2.05) is 6.92 Å². The van der Waals surface area contributed by atoms with Crippen LogP contribution in [0.25, 0.3) is 0 Å². The van der Waals surface area contributed by atoms with Crippen LogP contribution in [0.3, 0.4) is 0 Å². The van der Waals surface area contributed by atoms with E-state index >= 15 is 0 Å². The third-order valence-electron chi connectivity index (χ3n) is 0.235. The summed E-state index contributed by atoms with van der Waals surface area (Å²) >= 11 is 12.0. The molecule has 3 heteroatoms. The van der Waals surface area contributed by atoms with Crippen molar-refractivity contribution in [2.24, 2.45) is 0 Å². The maximum absolute atomic E-state index is 5.59. The van der Waals surface area contributed by atoms with Crippen molar-refractivity contribution in [2.75, 3.05) is 5.33 Å². The fraction of sp³-hybridized carbons (Fsp3) is 1.00. The smallest absolute Gasteiger partial charge is 0.106 e. The van der Waals surface area contributed by atoms with Gasteiger partial charge in [-0.05, 0) is 6.92 Å². The van der Waals surface area contributed by atoms with Crippen LogP contribution in [-0.2, 0) is 0 Å². The van der Waals surface area contributed by atoms with E-state index in [1.165, 1.54) is 0 Å². The maximum Gasteiger partial charge on any atom is 0.106 e. The van der Waals surface area contributed by atoms with Crippen LogP contribution in [0.1, 0.15) is 6.92 Å². The lowest BCUT2D eigenvalue weighted by Gasteiger charge is -2.05. The Labute approximate surface area is 59.5 Å². The van der Waals surface area contributed by atoms with E-state index in [9.17, 15) is 0 Å². The molecule has 1 unspecified atom stereocenters. The van der Waals surface area contributed by atoms with Crippen LogP contribution in [0.5, 0.6) is 0 Å². The highest BCUT2D eigenvalue weighted by Crippen LogP contribution is 2.23. The second-order valence-electron chi connectivity index (χ2n) is 1.20. The van der Waals surface area contributed by atoms with Gasteiger partial charge in [0, 0.05) is 5.33 Å². The molecule has 0 fully saturated rings. The van der Waals surface area contributed by atoms with Crippen LogP contribution in [0.4, 0.5) is 0 Å². The van der Waals surface area contributed by atoms with E-state index in [2.05, 4.69) is 31.9 Å². The maximum atomic E-state index is 5.59. The molecular weight excluding hydrogens is 231 g/mol. The van der Waals surface area contributed by atoms with E-state index in [-0.39, 0.29) is 3.78 Å². The third-order valence-corrected chi connectivity index (χ3v) is 2.85. The fourth-order valence-corrected chi connectivity index (χ4v) is 0. The molecule has 0 bridgehead atoms. The molecule has 0 amide bonds. The standard InChI is InChI=1S/C3H5Br2Cl/c1-3(5,6)2-4/h2H2,1H3. The molecule has 0 nitrogen and oxygen atoms in total. The number of alkyl halides is 3. The first-order valence-corrected chi connectivity index (χ1v) is 3.79. The lowest BCUT2D eigenvalue weighted by molar-refractivity contribution is 1.06. The molecular formula is C3H5Br2Cl. The molecule has 0 aliphatic heterocycles. The molecule has 0 aromatic heterocycles. The zero-order valence-corrected chi connectivity index (χ0v) is 7.27. The Balaban J connectivity index is 3.17. The Hall–Kier alpha value is 1.25. The molecule has 0 spiro atoms. The van der Waals surface area contributed by atoms with Gasteiger partial charge in [0.2, 0.25) is 0 Å². The minimum absolute atomic E-state index is 0.257. The van der Waals surface area contributed by atoms with Gasteiger partial charge in [-0.25, -0.2) is 0 Å². The van der Waals surface area contributed by atoms with Crippen molar-refractivity contribution in [3.05, 3.63) is 0 Å². The van der Waals surface area contributed by atoms with Crippen molar-refractivity contribution in [1.29, 1.82) is 0 Å². The second kappa shape index (κ2) is 2.53. The van der Waals surface area contributed by atoms with Crippen LogP contribution >= 0.6 is 43.5 Å². The molecule has 6 heavy (non-hydrogen) atoms. The molecule has 0 aromatic carbocycles. The monoisotopic (exact) mass is 234 g/mol. The van der Waals surface area contributed by atoms with Gasteiger partial charge in [0.25, 0.3) is 0 Å². The number of hydrogen-bond acceptors (Lipinski definition) is 0. The fourth-order valence-electron chi connectivity index (χ4n) is 0. The van der Waals surface area contributed by atoms with Crippen LogP contribution in [0, 0.1) is 0 Å². The van der Waals surface area contributed by atoms with E-state index in [1.54, 1.807) is 0 Å². The molecule has 0 heterocycles. The van der Waals surface area contributed by atoms with Gasteiger partial charge in [0.1, 0.15) is 3.78 Å². The predicted octanol–water partition coefficient (Wildman–Crippen LogP) is 2.73. The summed E-state index contributed by atoms with van der Waals surface area (Å²) in [5.74, 6) is 0. The quantitative estimate of drug-likeness (QED) is 0.614. The van der Waals surface area contributed by atoms with E-state index < -0.39 is 0 Å². The van der Waals surface area contributed by atoms with Crippen LogP contribution < -0.4 is 0 Å². The van der Waals surface area contributed by atoms with Crippen LogP contribution in [-0.4, -0.2) is 9.11 Å². The van der Waals surface area contributed by atoms with Gasteiger partial charge in [-0.3, -0.25) is 0 Å². The van der Waals surface area contributed by atoms with Gasteiger partial charge in [0.05, 0.1) is 0 Å². The summed E-state index contributed by atoms with van der Waals surface area (Å²) in [6.07, 6.45) is 0. The van der Waals surface area contributed by atoms with Crippen molar-refractivity contribution in [3.8, 4) is 0 Å². The number of rotatable bonds is 1. The van der Waals surface area contributed by atoms with Gasteiger partial charge in [-0.2, -0.15) is 0 Å². The van der Waals surface area contributed by atoms with Crippen molar-refractivity contribution < 1.29 is 0 Å². The molecule has 0 aliphatic rings. The molecule has 1 atom stereocenters. The summed E-state index contributed by atoms with van der Waals surface area (Å²) in [7, 11) is 0. The van der Waals surface area contributed by atoms with Gasteiger partial charge in [0.15, 0.2) is 0 Å². The average molecular weight is 236 g/mol. The Bertz CT molecular complexity index is 38.5. The molecule has 0 aliphatic carbocycles. The van der Waals surface area contributed by atoms with Crippen molar-refractivity contribution in [1.82, 2.24) is 0 Å². The minimum atomic E-state index is -0.257. The lowest BCUT2D eigenvalue weighted by atomic mass is 10.6. The minimum Gasteiger partial charge on any atom is -0.106 e. The number of halogens is 3. The van der Waals surface area contributed by atoms with Gasteiger partial charge in [-0.1, -0.05) is 31.9 Å². The predicted molar refractivity (Wildman–Crippen MR) is 37.0 cm³/mol. The van der Waals surface area contributed by atoms with Crippen molar-refractivity contribution in [3.63, 3.8) is 0 Å². The van der Waals surface area contributed by atoms with Crippen LogP contribution in [0.2, 0.25) is 0 Å². The Morgan fingerprint density at radius 2 is 2.00 bits per heavy atom. The van der Waals surface area contributed by atoms with E-state index in [0.29, 0.717) is 0 Å². The first kappa shape index (κ1) is 7.25. The van der Waals surface area contributed by atoms with Crippen LogP contribution in [0.15, 0.2) is 0 Å². The Kier molecular flexibility index (Phi) is 3.06. The Morgan fingerprint density at radius 3 is 2.00 bits per heavy atom. The normalized spacial score (nSPS) is 20.0. The SMILES string of the molecule is CC(Cl)(Br)CBr. The summed E-state index contributed by atoms with van der Waals surface area (Å²) in [6.45, 7) is 1.88. The average Bonchev–Trinajstić information content (AvgIpc) is 1.35. The van der Waals surface area contributed by atoms with Gasteiger partial charge < -0.3 is 0 Å². The molecule has 0 N–H and O–H groups in total. The van der Waals surface area contributed by atoms with E-state index in [4.69, 9.17) is 11.6 Å². The molecule has 0 radical (unpaired) electrons. The largest absolute Gasteiger partial charge is 0.106 e. The zero-order valence-electron chi connectivity index (χ0n) is 3.34. The topological polar surface area (TPSA) is 0 Å². The molecule has 0 saturated heterocycles. The first-order chi connectivity index (χ1) is 2.56. The van der Waals surface area contributed by atoms with E-state index in [0.717, 1.165) is 5.33 Å². The summed E-state index contributed by atoms with van der Waals surface area (Å²) in [5, 5.41) is 0.765. The zero-order chi connectivity index (χ0) is 5.21. The summed E-state index contributed by atoms with van der Waals surface area (Å²) in [6, 6.07) is 0. The second-order valence-corrected chi connectivity index (χ2v) is 4.81. The highest BCUT2D eigenvalue weighted by atomic mass is 79.9. The first-order valence-electron chi connectivity index (χ1n) is 1.50. The lowest BCUT2D eigenvalue weighted by Crippen LogP contribution is -2.04.